The van der Waals surface area contributed by atoms with Crippen LogP contribution in [0.25, 0.3) is 0 Å². The summed E-state index contributed by atoms with van der Waals surface area (Å²) in [5.74, 6) is -1.46. The van der Waals surface area contributed by atoms with Crippen molar-refractivity contribution in [3.8, 4) is 0 Å². The summed E-state index contributed by atoms with van der Waals surface area (Å²) >= 11 is 5.91. The number of carbonyl (C=O) groups is 1. The number of allylic oxidation sites excluding steroid dienone is 1. The molecule has 1 aliphatic carbocycles. The number of sulfone groups is 1. The normalized spacial score (nSPS) is 18.4. The van der Waals surface area contributed by atoms with Crippen LogP contribution in [0.3, 0.4) is 0 Å². The van der Waals surface area contributed by atoms with Crippen LogP contribution in [0.15, 0.2) is 29.8 Å². The van der Waals surface area contributed by atoms with Gasteiger partial charge in [-0.3, -0.25) is 0 Å². The zero-order valence-corrected chi connectivity index (χ0v) is 14.3. The molecule has 7 heteroatoms. The quantitative estimate of drug-likeness (QED) is 0.755. The van der Waals surface area contributed by atoms with E-state index in [0.29, 0.717) is 24.8 Å². The van der Waals surface area contributed by atoms with E-state index in [9.17, 15) is 17.6 Å². The minimum atomic E-state index is -3.66. The number of rotatable bonds is 5. The lowest BCUT2D eigenvalue weighted by molar-refractivity contribution is -0.138. The topological polar surface area (TPSA) is 60.4 Å². The van der Waals surface area contributed by atoms with Gasteiger partial charge in [-0.15, -0.1) is 0 Å². The average Bonchev–Trinajstić information content (AvgIpc) is 2.50. The maximum absolute atomic E-state index is 13.1. The van der Waals surface area contributed by atoms with Crippen molar-refractivity contribution in [3.63, 3.8) is 0 Å². The number of ether oxygens (including phenoxy) is 1. The van der Waals surface area contributed by atoms with Crippen LogP contribution < -0.4 is 0 Å². The highest BCUT2D eigenvalue weighted by Crippen LogP contribution is 2.30. The van der Waals surface area contributed by atoms with Gasteiger partial charge < -0.3 is 4.74 Å². The van der Waals surface area contributed by atoms with Crippen LogP contribution in [0.5, 0.6) is 0 Å². The van der Waals surface area contributed by atoms with E-state index in [1.54, 1.807) is 13.0 Å². The third-order valence-electron chi connectivity index (χ3n) is 3.70. The standard InChI is InChI=1S/C16H18ClFO4S/c1-2-22-16(19)13-5-3-4-6-15(13)23(20,21)10-11-7-8-12(18)9-14(11)17/h5,7-9,15H,2-4,6,10H2,1H3/t15-/m1/s1. The van der Waals surface area contributed by atoms with Gasteiger partial charge in [0, 0.05) is 5.02 Å². The van der Waals surface area contributed by atoms with Gasteiger partial charge in [0.2, 0.25) is 0 Å². The van der Waals surface area contributed by atoms with E-state index in [-0.39, 0.29) is 23.0 Å². The van der Waals surface area contributed by atoms with Crippen LogP contribution in [0.4, 0.5) is 4.39 Å². The summed E-state index contributed by atoms with van der Waals surface area (Å²) in [7, 11) is -3.66. The second kappa shape index (κ2) is 7.45. The fourth-order valence-corrected chi connectivity index (χ4v) is 4.91. The Morgan fingerprint density at radius 1 is 1.43 bits per heavy atom. The molecule has 1 aromatic carbocycles. The summed E-state index contributed by atoms with van der Waals surface area (Å²) in [6.45, 7) is 1.86. The Kier molecular flexibility index (Phi) is 5.81. The zero-order chi connectivity index (χ0) is 17.0. The highest BCUT2D eigenvalue weighted by molar-refractivity contribution is 7.91. The van der Waals surface area contributed by atoms with Gasteiger partial charge >= 0.3 is 5.97 Å². The zero-order valence-electron chi connectivity index (χ0n) is 12.7. The second-order valence-corrected chi connectivity index (χ2v) is 7.93. The first kappa shape index (κ1) is 17.9. The van der Waals surface area contributed by atoms with Gasteiger partial charge in [-0.1, -0.05) is 23.7 Å². The Labute approximate surface area is 140 Å². The molecule has 0 fully saturated rings. The van der Waals surface area contributed by atoms with E-state index < -0.39 is 26.9 Å². The van der Waals surface area contributed by atoms with Crippen molar-refractivity contribution in [2.24, 2.45) is 0 Å². The third kappa shape index (κ3) is 4.32. The molecule has 1 atom stereocenters. The van der Waals surface area contributed by atoms with E-state index in [4.69, 9.17) is 16.3 Å². The predicted molar refractivity (Wildman–Crippen MR) is 86.4 cm³/mol. The van der Waals surface area contributed by atoms with E-state index in [1.165, 1.54) is 12.1 Å². The first-order chi connectivity index (χ1) is 10.8. The molecule has 0 spiro atoms. The van der Waals surface area contributed by atoms with Gasteiger partial charge in [-0.25, -0.2) is 17.6 Å². The van der Waals surface area contributed by atoms with Crippen LogP contribution >= 0.6 is 11.6 Å². The molecule has 126 valence electrons. The Morgan fingerprint density at radius 3 is 2.83 bits per heavy atom. The number of hydrogen-bond donors (Lipinski definition) is 0. The molecule has 1 aromatic rings. The van der Waals surface area contributed by atoms with Crippen molar-refractivity contribution in [2.45, 2.75) is 37.2 Å². The smallest absolute Gasteiger partial charge is 0.335 e. The molecular formula is C16H18ClFO4S. The molecule has 0 saturated carbocycles. The first-order valence-corrected chi connectivity index (χ1v) is 9.47. The van der Waals surface area contributed by atoms with E-state index in [0.717, 1.165) is 6.07 Å². The Balaban J connectivity index is 2.28. The van der Waals surface area contributed by atoms with Crippen LogP contribution in [-0.4, -0.2) is 26.2 Å². The van der Waals surface area contributed by atoms with Gasteiger partial charge in [-0.05, 0) is 43.9 Å². The summed E-state index contributed by atoms with van der Waals surface area (Å²) in [6, 6.07) is 3.60. The number of esters is 1. The lowest BCUT2D eigenvalue weighted by Crippen LogP contribution is -2.31. The highest BCUT2D eigenvalue weighted by Gasteiger charge is 2.35. The van der Waals surface area contributed by atoms with Crippen molar-refractivity contribution >= 4 is 27.4 Å². The van der Waals surface area contributed by atoms with Crippen molar-refractivity contribution in [3.05, 3.63) is 46.3 Å². The lowest BCUT2D eigenvalue weighted by Gasteiger charge is -2.23. The molecule has 0 saturated heterocycles. The molecule has 0 amide bonds. The first-order valence-electron chi connectivity index (χ1n) is 7.38. The third-order valence-corrected chi connectivity index (χ3v) is 6.12. The molecule has 0 aromatic heterocycles. The number of carbonyl (C=O) groups excluding carboxylic acids is 1. The summed E-state index contributed by atoms with van der Waals surface area (Å²) in [5, 5.41) is -0.845. The summed E-state index contributed by atoms with van der Waals surface area (Å²) in [5.41, 5.74) is 0.512. The summed E-state index contributed by atoms with van der Waals surface area (Å²) < 4.78 is 43.5. The molecule has 0 aliphatic heterocycles. The van der Waals surface area contributed by atoms with E-state index in [1.807, 2.05) is 0 Å². The maximum atomic E-state index is 13.1. The van der Waals surface area contributed by atoms with E-state index in [2.05, 4.69) is 0 Å². The fraction of sp³-hybridized carbons (Fsp3) is 0.438. The lowest BCUT2D eigenvalue weighted by atomic mass is 9.99. The summed E-state index contributed by atoms with van der Waals surface area (Å²) in [4.78, 5) is 12.0. The Morgan fingerprint density at radius 2 is 2.17 bits per heavy atom. The minimum Gasteiger partial charge on any atom is -0.463 e. The maximum Gasteiger partial charge on any atom is 0.335 e. The monoisotopic (exact) mass is 360 g/mol. The molecule has 0 unspecified atom stereocenters. The van der Waals surface area contributed by atoms with Crippen LogP contribution in [-0.2, 0) is 25.1 Å². The molecule has 4 nitrogen and oxygen atoms in total. The molecule has 1 aliphatic rings. The van der Waals surface area contributed by atoms with Gasteiger partial charge in [0.25, 0.3) is 0 Å². The molecule has 2 rings (SSSR count). The molecular weight excluding hydrogens is 343 g/mol. The fourth-order valence-electron chi connectivity index (χ4n) is 2.61. The van der Waals surface area contributed by atoms with Gasteiger partial charge in [0.1, 0.15) is 5.82 Å². The molecule has 23 heavy (non-hydrogen) atoms. The van der Waals surface area contributed by atoms with Crippen LogP contribution in [0.1, 0.15) is 31.7 Å². The van der Waals surface area contributed by atoms with Crippen molar-refractivity contribution < 1.29 is 22.3 Å². The Bertz CT molecular complexity index is 728. The van der Waals surface area contributed by atoms with Crippen molar-refractivity contribution in [1.29, 1.82) is 0 Å². The van der Waals surface area contributed by atoms with Gasteiger partial charge in [-0.2, -0.15) is 0 Å². The van der Waals surface area contributed by atoms with Gasteiger partial charge in [0.05, 0.1) is 23.2 Å². The number of halogens is 2. The largest absolute Gasteiger partial charge is 0.463 e. The minimum absolute atomic E-state index is 0.0612. The van der Waals surface area contributed by atoms with Crippen molar-refractivity contribution in [2.75, 3.05) is 6.61 Å². The molecule has 0 N–H and O–H groups in total. The SMILES string of the molecule is CCOC(=O)C1=CCCC[C@H]1S(=O)(=O)Cc1ccc(F)cc1Cl. The van der Waals surface area contributed by atoms with E-state index >= 15 is 0 Å². The molecule has 0 radical (unpaired) electrons. The molecule has 0 heterocycles. The second-order valence-electron chi connectivity index (χ2n) is 5.34. The summed E-state index contributed by atoms with van der Waals surface area (Å²) in [6.07, 6.45) is 3.34. The van der Waals surface area contributed by atoms with Crippen LogP contribution in [0.2, 0.25) is 5.02 Å². The van der Waals surface area contributed by atoms with Gasteiger partial charge in [0.15, 0.2) is 9.84 Å². The molecule has 0 bridgehead atoms. The number of hydrogen-bond acceptors (Lipinski definition) is 4. The van der Waals surface area contributed by atoms with Crippen LogP contribution in [0, 0.1) is 5.82 Å². The number of benzene rings is 1. The average molecular weight is 361 g/mol. The Hall–Kier alpha value is -1.40. The highest BCUT2D eigenvalue weighted by atomic mass is 35.5. The van der Waals surface area contributed by atoms with Crippen molar-refractivity contribution in [1.82, 2.24) is 0 Å². The predicted octanol–water partition coefficient (Wildman–Crippen LogP) is 3.44.